The Morgan fingerprint density at radius 1 is 1.16 bits per heavy atom. The lowest BCUT2D eigenvalue weighted by Gasteiger charge is -2.13. The quantitative estimate of drug-likeness (QED) is 0.912. The number of hydrogen-bond donors (Lipinski definition) is 1. The SMILES string of the molecule is CCC(CN)c1nc(C)cc(-c2cccc(C)c2)n1. The van der Waals surface area contributed by atoms with Crippen LogP contribution in [0.5, 0.6) is 0 Å². The molecule has 0 aliphatic carbocycles. The first-order valence-electron chi connectivity index (χ1n) is 6.76. The predicted molar refractivity (Wildman–Crippen MR) is 79.0 cm³/mol. The van der Waals surface area contributed by atoms with Crippen LogP contribution in [-0.2, 0) is 0 Å². The van der Waals surface area contributed by atoms with Gasteiger partial charge in [0.25, 0.3) is 0 Å². The van der Waals surface area contributed by atoms with Gasteiger partial charge < -0.3 is 5.73 Å². The zero-order valence-electron chi connectivity index (χ0n) is 11.9. The van der Waals surface area contributed by atoms with Crippen LogP contribution in [0.15, 0.2) is 30.3 Å². The van der Waals surface area contributed by atoms with Crippen molar-refractivity contribution in [3.8, 4) is 11.3 Å². The molecular formula is C16H21N3. The second-order valence-electron chi connectivity index (χ2n) is 4.96. The molecule has 1 heterocycles. The molecule has 1 atom stereocenters. The lowest BCUT2D eigenvalue weighted by molar-refractivity contribution is 0.628. The molecule has 0 aliphatic heterocycles. The molecule has 0 fully saturated rings. The van der Waals surface area contributed by atoms with Crippen molar-refractivity contribution in [2.75, 3.05) is 6.54 Å². The molecular weight excluding hydrogens is 234 g/mol. The van der Waals surface area contributed by atoms with Crippen LogP contribution in [-0.4, -0.2) is 16.5 Å². The number of aromatic nitrogens is 2. The molecule has 2 N–H and O–H groups in total. The van der Waals surface area contributed by atoms with E-state index >= 15 is 0 Å². The highest BCUT2D eigenvalue weighted by Crippen LogP contribution is 2.22. The normalized spacial score (nSPS) is 12.4. The monoisotopic (exact) mass is 255 g/mol. The third-order valence-electron chi connectivity index (χ3n) is 3.33. The molecule has 2 rings (SSSR count). The summed E-state index contributed by atoms with van der Waals surface area (Å²) in [4.78, 5) is 9.23. The van der Waals surface area contributed by atoms with Gasteiger partial charge in [-0.15, -0.1) is 0 Å². The summed E-state index contributed by atoms with van der Waals surface area (Å²) in [6.07, 6.45) is 0.965. The fourth-order valence-corrected chi connectivity index (χ4v) is 2.18. The first-order chi connectivity index (χ1) is 9.13. The van der Waals surface area contributed by atoms with Gasteiger partial charge in [0.05, 0.1) is 5.69 Å². The van der Waals surface area contributed by atoms with Gasteiger partial charge in [-0.2, -0.15) is 0 Å². The second kappa shape index (κ2) is 5.93. The summed E-state index contributed by atoms with van der Waals surface area (Å²) in [6.45, 7) is 6.81. The van der Waals surface area contributed by atoms with Crippen LogP contribution < -0.4 is 5.73 Å². The zero-order chi connectivity index (χ0) is 13.8. The van der Waals surface area contributed by atoms with Crippen molar-refractivity contribution in [2.24, 2.45) is 5.73 Å². The van der Waals surface area contributed by atoms with Crippen LogP contribution in [0.3, 0.4) is 0 Å². The van der Waals surface area contributed by atoms with Crippen molar-refractivity contribution in [3.63, 3.8) is 0 Å². The molecule has 0 saturated carbocycles. The van der Waals surface area contributed by atoms with E-state index in [0.29, 0.717) is 6.54 Å². The Balaban J connectivity index is 2.47. The van der Waals surface area contributed by atoms with Crippen molar-refractivity contribution >= 4 is 0 Å². The van der Waals surface area contributed by atoms with Gasteiger partial charge in [0.15, 0.2) is 0 Å². The summed E-state index contributed by atoms with van der Waals surface area (Å²) in [5, 5.41) is 0. The number of hydrogen-bond acceptors (Lipinski definition) is 3. The molecule has 0 amide bonds. The average molecular weight is 255 g/mol. The van der Waals surface area contributed by atoms with Gasteiger partial charge in [-0.05, 0) is 32.4 Å². The Morgan fingerprint density at radius 3 is 2.58 bits per heavy atom. The first kappa shape index (κ1) is 13.7. The predicted octanol–water partition coefficient (Wildman–Crippen LogP) is 3.21. The molecule has 1 aromatic carbocycles. The molecule has 100 valence electrons. The Kier molecular flexibility index (Phi) is 4.27. The largest absolute Gasteiger partial charge is 0.330 e. The summed E-state index contributed by atoms with van der Waals surface area (Å²) >= 11 is 0. The highest BCUT2D eigenvalue weighted by molar-refractivity contribution is 5.60. The minimum Gasteiger partial charge on any atom is -0.330 e. The van der Waals surface area contributed by atoms with Crippen molar-refractivity contribution in [3.05, 3.63) is 47.4 Å². The van der Waals surface area contributed by atoms with Gasteiger partial charge in [-0.1, -0.05) is 30.7 Å². The van der Waals surface area contributed by atoms with E-state index in [-0.39, 0.29) is 5.92 Å². The lowest BCUT2D eigenvalue weighted by atomic mass is 10.0. The van der Waals surface area contributed by atoms with Gasteiger partial charge in [-0.3, -0.25) is 0 Å². The number of nitrogens with two attached hydrogens (primary N) is 1. The number of rotatable bonds is 4. The molecule has 0 bridgehead atoms. The molecule has 0 radical (unpaired) electrons. The standard InChI is InChI=1S/C16H21N3/c1-4-13(10-17)16-18-12(3)9-15(19-16)14-7-5-6-11(2)8-14/h5-9,13H,4,10,17H2,1-3H3. The Hall–Kier alpha value is -1.74. The summed E-state index contributed by atoms with van der Waals surface area (Å²) in [6, 6.07) is 10.4. The molecule has 1 aromatic heterocycles. The molecule has 2 aromatic rings. The number of benzene rings is 1. The first-order valence-corrected chi connectivity index (χ1v) is 6.76. The molecule has 3 nitrogen and oxygen atoms in total. The van der Waals surface area contributed by atoms with Crippen LogP contribution in [0.2, 0.25) is 0 Å². The van der Waals surface area contributed by atoms with Gasteiger partial charge in [0.1, 0.15) is 5.82 Å². The highest BCUT2D eigenvalue weighted by Gasteiger charge is 2.13. The molecule has 1 unspecified atom stereocenters. The van der Waals surface area contributed by atoms with Crippen LogP contribution in [0.4, 0.5) is 0 Å². The highest BCUT2D eigenvalue weighted by atomic mass is 14.9. The Labute approximate surface area is 114 Å². The average Bonchev–Trinajstić information content (AvgIpc) is 2.39. The zero-order valence-corrected chi connectivity index (χ0v) is 11.9. The van der Waals surface area contributed by atoms with Crippen LogP contribution in [0.25, 0.3) is 11.3 Å². The van der Waals surface area contributed by atoms with Crippen LogP contribution in [0, 0.1) is 13.8 Å². The maximum absolute atomic E-state index is 5.80. The third kappa shape index (κ3) is 3.18. The Morgan fingerprint density at radius 2 is 1.95 bits per heavy atom. The Bertz CT molecular complexity index is 560. The maximum Gasteiger partial charge on any atom is 0.133 e. The summed E-state index contributed by atoms with van der Waals surface area (Å²) in [5.74, 6) is 1.10. The molecule has 0 aliphatic rings. The molecule has 0 saturated heterocycles. The van der Waals surface area contributed by atoms with E-state index in [0.717, 1.165) is 29.2 Å². The van der Waals surface area contributed by atoms with Gasteiger partial charge in [0.2, 0.25) is 0 Å². The van der Waals surface area contributed by atoms with Gasteiger partial charge in [0, 0.05) is 23.7 Å². The van der Waals surface area contributed by atoms with Crippen LogP contribution in [0.1, 0.15) is 36.3 Å². The minimum atomic E-state index is 0.239. The second-order valence-corrected chi connectivity index (χ2v) is 4.96. The third-order valence-corrected chi connectivity index (χ3v) is 3.33. The summed E-state index contributed by atoms with van der Waals surface area (Å²) in [5.41, 5.74) is 10.2. The van der Waals surface area contributed by atoms with Gasteiger partial charge >= 0.3 is 0 Å². The van der Waals surface area contributed by atoms with E-state index in [4.69, 9.17) is 10.7 Å². The van der Waals surface area contributed by atoms with Crippen LogP contribution >= 0.6 is 0 Å². The minimum absolute atomic E-state index is 0.239. The summed E-state index contributed by atoms with van der Waals surface area (Å²) in [7, 11) is 0. The van der Waals surface area contributed by atoms with E-state index in [1.165, 1.54) is 5.56 Å². The fourth-order valence-electron chi connectivity index (χ4n) is 2.18. The van der Waals surface area contributed by atoms with Crippen molar-refractivity contribution in [1.29, 1.82) is 0 Å². The van der Waals surface area contributed by atoms with Crippen molar-refractivity contribution in [2.45, 2.75) is 33.1 Å². The number of aryl methyl sites for hydroxylation is 2. The summed E-state index contributed by atoms with van der Waals surface area (Å²) < 4.78 is 0. The molecule has 19 heavy (non-hydrogen) atoms. The topological polar surface area (TPSA) is 51.8 Å². The fraction of sp³-hybridized carbons (Fsp3) is 0.375. The van der Waals surface area contributed by atoms with E-state index in [1.54, 1.807) is 0 Å². The maximum atomic E-state index is 5.80. The number of nitrogens with zero attached hydrogens (tertiary/aromatic N) is 2. The van der Waals surface area contributed by atoms with Crippen molar-refractivity contribution < 1.29 is 0 Å². The van der Waals surface area contributed by atoms with E-state index < -0.39 is 0 Å². The van der Waals surface area contributed by atoms with Gasteiger partial charge in [-0.25, -0.2) is 9.97 Å². The van der Waals surface area contributed by atoms with E-state index in [1.807, 2.05) is 13.0 Å². The smallest absolute Gasteiger partial charge is 0.133 e. The van der Waals surface area contributed by atoms with E-state index in [9.17, 15) is 0 Å². The lowest BCUT2D eigenvalue weighted by Crippen LogP contribution is -2.15. The van der Waals surface area contributed by atoms with E-state index in [2.05, 4.69) is 43.1 Å². The molecule has 3 heteroatoms. The molecule has 0 spiro atoms. The van der Waals surface area contributed by atoms with Crippen molar-refractivity contribution in [1.82, 2.24) is 9.97 Å².